The molecule has 0 amide bonds. The molecule has 0 aromatic heterocycles. The van der Waals surface area contributed by atoms with Crippen molar-refractivity contribution < 1.29 is 14.6 Å². The Morgan fingerprint density at radius 3 is 2.35 bits per heavy atom. The van der Waals surface area contributed by atoms with Crippen LogP contribution < -0.4 is 0 Å². The van der Waals surface area contributed by atoms with Crippen molar-refractivity contribution in [1.29, 1.82) is 0 Å². The molecule has 118 valence electrons. The number of hydrogen-bond acceptors (Lipinski definition) is 2. The predicted octanol–water partition coefficient (Wildman–Crippen LogP) is 4.95. The fourth-order valence-corrected chi connectivity index (χ4v) is 2.01. The number of unbranched alkanes of at least 4 members (excludes halogenated alkanes) is 7. The van der Waals surface area contributed by atoms with Crippen LogP contribution in [-0.4, -0.2) is 24.3 Å². The minimum atomic E-state index is -0.676. The molecule has 0 rings (SSSR count). The molecule has 0 aromatic carbocycles. The van der Waals surface area contributed by atoms with Gasteiger partial charge in [-0.15, -0.1) is 0 Å². The molecular weight excluding hydrogens is 252 g/mol. The topological polar surface area (TPSA) is 46.5 Å². The highest BCUT2D eigenvalue weighted by molar-refractivity contribution is 5.66. The molecule has 0 bridgehead atoms. The molecule has 0 unspecified atom stereocenters. The van der Waals surface area contributed by atoms with Crippen LogP contribution in [0.4, 0.5) is 0 Å². The van der Waals surface area contributed by atoms with E-state index in [4.69, 9.17) is 9.84 Å². The summed E-state index contributed by atoms with van der Waals surface area (Å²) in [6.07, 6.45) is 16.1. The van der Waals surface area contributed by atoms with E-state index in [1.807, 2.05) is 0 Å². The van der Waals surface area contributed by atoms with Gasteiger partial charge in [0, 0.05) is 13.0 Å². The Morgan fingerprint density at radius 1 is 0.900 bits per heavy atom. The van der Waals surface area contributed by atoms with Gasteiger partial charge in [0.1, 0.15) is 0 Å². The van der Waals surface area contributed by atoms with Crippen LogP contribution in [0.15, 0.2) is 12.2 Å². The normalized spacial score (nSPS) is 11.2. The Balaban J connectivity index is 3.07. The second-order valence-electron chi connectivity index (χ2n) is 5.28. The smallest absolute Gasteiger partial charge is 0.303 e. The molecule has 0 aliphatic heterocycles. The third-order valence-electron chi connectivity index (χ3n) is 3.25. The highest BCUT2D eigenvalue weighted by Crippen LogP contribution is 2.07. The van der Waals surface area contributed by atoms with Gasteiger partial charge >= 0.3 is 5.97 Å². The summed E-state index contributed by atoms with van der Waals surface area (Å²) in [5, 5.41) is 8.50. The van der Waals surface area contributed by atoms with E-state index in [2.05, 4.69) is 19.1 Å². The van der Waals surface area contributed by atoms with Gasteiger partial charge in [0.15, 0.2) is 0 Å². The average Bonchev–Trinajstić information content (AvgIpc) is 2.43. The molecule has 1 N–H and O–H groups in total. The Morgan fingerprint density at radius 2 is 1.60 bits per heavy atom. The second kappa shape index (κ2) is 16.2. The Hall–Kier alpha value is -0.830. The lowest BCUT2D eigenvalue weighted by Crippen LogP contribution is -1.95. The van der Waals surface area contributed by atoms with Gasteiger partial charge in [0.2, 0.25) is 0 Å². The summed E-state index contributed by atoms with van der Waals surface area (Å²) in [4.78, 5) is 10.3. The van der Waals surface area contributed by atoms with Gasteiger partial charge in [0.05, 0.1) is 6.61 Å². The third-order valence-corrected chi connectivity index (χ3v) is 3.25. The zero-order chi connectivity index (χ0) is 14.9. The summed E-state index contributed by atoms with van der Waals surface area (Å²) in [6, 6.07) is 0. The second-order valence-corrected chi connectivity index (χ2v) is 5.28. The molecule has 0 heterocycles. The molecule has 3 heteroatoms. The lowest BCUT2D eigenvalue weighted by atomic mass is 10.1. The number of allylic oxidation sites excluding steroid dienone is 1. The van der Waals surface area contributed by atoms with Crippen molar-refractivity contribution in [2.24, 2.45) is 0 Å². The summed E-state index contributed by atoms with van der Waals surface area (Å²) in [6.45, 7) is 3.95. The first-order chi connectivity index (χ1) is 9.77. The maximum Gasteiger partial charge on any atom is 0.303 e. The third kappa shape index (κ3) is 17.2. The minimum Gasteiger partial charge on any atom is -0.481 e. The fourth-order valence-electron chi connectivity index (χ4n) is 2.01. The van der Waals surface area contributed by atoms with E-state index in [0.29, 0.717) is 6.42 Å². The van der Waals surface area contributed by atoms with Gasteiger partial charge in [-0.3, -0.25) is 4.79 Å². The van der Waals surface area contributed by atoms with Gasteiger partial charge in [0.25, 0.3) is 0 Å². The summed E-state index contributed by atoms with van der Waals surface area (Å²) < 4.78 is 5.53. The van der Waals surface area contributed by atoms with Crippen molar-refractivity contribution in [2.45, 2.75) is 77.6 Å². The zero-order valence-corrected chi connectivity index (χ0v) is 13.1. The molecule has 0 aliphatic rings. The van der Waals surface area contributed by atoms with Gasteiger partial charge in [-0.2, -0.15) is 0 Å². The summed E-state index contributed by atoms with van der Waals surface area (Å²) in [5.74, 6) is -0.676. The van der Waals surface area contributed by atoms with Crippen LogP contribution in [0, 0.1) is 0 Å². The predicted molar refractivity (Wildman–Crippen MR) is 84.1 cm³/mol. The number of carboxylic acids is 1. The van der Waals surface area contributed by atoms with Crippen molar-refractivity contribution in [1.82, 2.24) is 0 Å². The van der Waals surface area contributed by atoms with Crippen LogP contribution in [0.25, 0.3) is 0 Å². The maximum atomic E-state index is 10.3. The molecule has 0 atom stereocenters. The van der Waals surface area contributed by atoms with E-state index < -0.39 is 5.97 Å². The van der Waals surface area contributed by atoms with Crippen LogP contribution >= 0.6 is 0 Å². The summed E-state index contributed by atoms with van der Waals surface area (Å²) >= 11 is 0. The molecule has 0 radical (unpaired) electrons. The van der Waals surface area contributed by atoms with Crippen LogP contribution in [-0.2, 0) is 9.53 Å². The van der Waals surface area contributed by atoms with E-state index in [0.717, 1.165) is 45.3 Å². The number of hydrogen-bond donors (Lipinski definition) is 1. The Bertz CT molecular complexity index is 236. The minimum absolute atomic E-state index is 0.318. The highest BCUT2D eigenvalue weighted by atomic mass is 16.5. The first kappa shape index (κ1) is 19.2. The molecule has 0 saturated heterocycles. The van der Waals surface area contributed by atoms with Crippen LogP contribution in [0.5, 0.6) is 0 Å². The van der Waals surface area contributed by atoms with E-state index in [1.54, 1.807) is 0 Å². The molecule has 0 aliphatic carbocycles. The molecular formula is C17H32O3. The van der Waals surface area contributed by atoms with Crippen molar-refractivity contribution >= 4 is 5.97 Å². The first-order valence-corrected chi connectivity index (χ1v) is 8.22. The van der Waals surface area contributed by atoms with Gasteiger partial charge in [-0.1, -0.05) is 51.2 Å². The molecule has 0 aromatic rings. The van der Waals surface area contributed by atoms with Crippen molar-refractivity contribution in [3.05, 3.63) is 12.2 Å². The summed E-state index contributed by atoms with van der Waals surface area (Å²) in [7, 11) is 0. The largest absolute Gasteiger partial charge is 0.481 e. The lowest BCUT2D eigenvalue weighted by Gasteiger charge is -2.01. The number of carbonyl (C=O) groups is 1. The zero-order valence-electron chi connectivity index (χ0n) is 13.1. The molecule has 3 nitrogen and oxygen atoms in total. The maximum absolute atomic E-state index is 10.3. The highest BCUT2D eigenvalue weighted by Gasteiger charge is 1.95. The average molecular weight is 284 g/mol. The standard InChI is InChI=1S/C17H32O3/c1-2-3-12-15-20-16-13-10-8-6-4-5-7-9-11-14-17(18)19/h8,10H,2-7,9,11-16H2,1H3,(H,18,19). The van der Waals surface area contributed by atoms with Crippen molar-refractivity contribution in [2.75, 3.05) is 13.2 Å². The monoisotopic (exact) mass is 284 g/mol. The number of ether oxygens (including phenoxy) is 1. The van der Waals surface area contributed by atoms with Gasteiger partial charge < -0.3 is 9.84 Å². The number of rotatable bonds is 15. The van der Waals surface area contributed by atoms with E-state index in [1.165, 1.54) is 32.1 Å². The molecule has 0 fully saturated rings. The van der Waals surface area contributed by atoms with Crippen LogP contribution in [0.1, 0.15) is 77.6 Å². The summed E-state index contributed by atoms with van der Waals surface area (Å²) in [5.41, 5.74) is 0. The van der Waals surface area contributed by atoms with E-state index in [9.17, 15) is 4.79 Å². The molecule has 20 heavy (non-hydrogen) atoms. The quantitative estimate of drug-likeness (QED) is 0.342. The van der Waals surface area contributed by atoms with Gasteiger partial charge in [-0.05, 0) is 32.1 Å². The molecule has 0 spiro atoms. The fraction of sp³-hybridized carbons (Fsp3) is 0.824. The van der Waals surface area contributed by atoms with Crippen molar-refractivity contribution in [3.63, 3.8) is 0 Å². The SMILES string of the molecule is CCCCCOCCC=CCCCCCCCC(=O)O. The Kier molecular flexibility index (Phi) is 15.6. The van der Waals surface area contributed by atoms with Crippen LogP contribution in [0.3, 0.4) is 0 Å². The first-order valence-electron chi connectivity index (χ1n) is 8.22. The number of aliphatic carboxylic acids is 1. The van der Waals surface area contributed by atoms with E-state index >= 15 is 0 Å². The van der Waals surface area contributed by atoms with Crippen LogP contribution in [0.2, 0.25) is 0 Å². The van der Waals surface area contributed by atoms with Crippen molar-refractivity contribution in [3.8, 4) is 0 Å². The number of carboxylic acid groups (broad SMARTS) is 1. The van der Waals surface area contributed by atoms with E-state index in [-0.39, 0.29) is 0 Å². The van der Waals surface area contributed by atoms with Gasteiger partial charge in [-0.25, -0.2) is 0 Å². The molecule has 0 saturated carbocycles. The lowest BCUT2D eigenvalue weighted by molar-refractivity contribution is -0.137. The Labute approximate surface area is 124 Å².